The molecule has 13 atom stereocenters. The molecule has 2 amide bonds. The maximum atomic E-state index is 11.9. The van der Waals surface area contributed by atoms with E-state index in [0.29, 0.717) is 0 Å². The minimum absolute atomic E-state index is 0.288. The van der Waals surface area contributed by atoms with Crippen LogP contribution in [0.15, 0.2) is 0 Å². The van der Waals surface area contributed by atoms with Gasteiger partial charge in [-0.3, -0.25) is 19.3 Å². The summed E-state index contributed by atoms with van der Waals surface area (Å²) in [7, 11) is 0. The van der Waals surface area contributed by atoms with Crippen LogP contribution in [0, 0.1) is 0 Å². The van der Waals surface area contributed by atoms with Gasteiger partial charge in [-0.1, -0.05) is 0 Å². The number of hydrogen-bond acceptors (Lipinski definition) is 14. The number of ether oxygens (including phenoxy) is 3. The SMILES string of the molecule is CC(=O)N[C@@H]1[C@@H](OC(C)CN(C2O[C@H](CO)[C@@H](O)[C@H](O)[C@H]2NC(C)=O)[C@H]([C]=O)[C@@H](C)O)[C@H](O)[C@@H](CO)O[C@@H]1O. The van der Waals surface area contributed by atoms with E-state index in [1.165, 1.54) is 25.7 Å². The van der Waals surface area contributed by atoms with Gasteiger partial charge in [0.2, 0.25) is 18.1 Å². The van der Waals surface area contributed by atoms with Gasteiger partial charge in [-0.05, 0) is 13.8 Å². The molecule has 2 aliphatic rings. The molecular formula is C23H40N3O13. The molecule has 0 saturated carbocycles. The summed E-state index contributed by atoms with van der Waals surface area (Å²) in [5.41, 5.74) is 0. The Hall–Kier alpha value is -1.83. The average Bonchev–Trinajstić information content (AvgIpc) is 2.85. The van der Waals surface area contributed by atoms with Crippen molar-refractivity contribution in [2.45, 2.75) is 107 Å². The van der Waals surface area contributed by atoms with Crippen molar-refractivity contribution in [3.63, 3.8) is 0 Å². The van der Waals surface area contributed by atoms with Crippen LogP contribution < -0.4 is 10.6 Å². The molecular weight excluding hydrogens is 526 g/mol. The van der Waals surface area contributed by atoms with Crippen LogP contribution in [-0.4, -0.2) is 158 Å². The van der Waals surface area contributed by atoms with E-state index >= 15 is 0 Å². The summed E-state index contributed by atoms with van der Waals surface area (Å²) in [5.74, 6) is -1.18. The Kier molecular flexibility index (Phi) is 12.6. The van der Waals surface area contributed by atoms with Gasteiger partial charge in [0.05, 0.1) is 31.5 Å². The van der Waals surface area contributed by atoms with E-state index in [1.54, 1.807) is 6.29 Å². The first kappa shape index (κ1) is 33.4. The smallest absolute Gasteiger partial charge is 0.219 e. The highest BCUT2D eigenvalue weighted by atomic mass is 16.6. The number of carbonyl (C=O) groups excluding carboxylic acids is 3. The van der Waals surface area contributed by atoms with Gasteiger partial charge in [0, 0.05) is 20.4 Å². The fraction of sp³-hybridized carbons (Fsp3) is 0.870. The molecule has 16 heteroatoms. The van der Waals surface area contributed by atoms with Gasteiger partial charge in [-0.2, -0.15) is 0 Å². The zero-order chi connectivity index (χ0) is 29.6. The van der Waals surface area contributed by atoms with Crippen molar-refractivity contribution in [2.24, 2.45) is 0 Å². The number of carbonyl (C=O) groups is 2. The predicted octanol–water partition coefficient (Wildman–Crippen LogP) is -5.56. The minimum Gasteiger partial charge on any atom is -0.394 e. The van der Waals surface area contributed by atoms with Crippen molar-refractivity contribution in [3.05, 3.63) is 0 Å². The highest BCUT2D eigenvalue weighted by molar-refractivity contribution is 5.73. The maximum absolute atomic E-state index is 11.9. The molecule has 39 heavy (non-hydrogen) atoms. The molecule has 0 aromatic heterocycles. The first-order chi connectivity index (χ1) is 18.3. The second-order valence-corrected chi connectivity index (χ2v) is 9.83. The monoisotopic (exact) mass is 566 g/mol. The first-order valence-electron chi connectivity index (χ1n) is 12.5. The van der Waals surface area contributed by atoms with Gasteiger partial charge in [-0.25, -0.2) is 0 Å². The Morgan fingerprint density at radius 1 is 0.923 bits per heavy atom. The topological polar surface area (TPSA) is 248 Å². The minimum atomic E-state index is -1.65. The Bertz CT molecular complexity index is 820. The molecule has 0 spiro atoms. The second kappa shape index (κ2) is 14.7. The van der Waals surface area contributed by atoms with Gasteiger partial charge in [-0.15, -0.1) is 0 Å². The molecule has 2 fully saturated rings. The standard InChI is InChI=1S/C23H40N3O13/c1-9(37-21-17(25-12(4)32)23(36)39-15(8-29)19(21)34)5-26(13(6-27)10(2)30)22-16(24-11(3)31)20(35)18(33)14(7-28)38-22/h9-10,13-23,28-30,33-36H,5,7-8H2,1-4H3,(H,24,31)(H,25,32)/t9?,10-,13-,14-,15-,16-,17-,18-,19-,20-,21-,22?,23+/m1/s1. The van der Waals surface area contributed by atoms with Gasteiger partial charge in [0.25, 0.3) is 0 Å². The van der Waals surface area contributed by atoms with Crippen LogP contribution in [0.5, 0.6) is 0 Å². The summed E-state index contributed by atoms with van der Waals surface area (Å²) >= 11 is 0. The van der Waals surface area contributed by atoms with Crippen molar-refractivity contribution >= 4 is 18.1 Å². The molecule has 0 aromatic carbocycles. The summed E-state index contributed by atoms with van der Waals surface area (Å²) in [5, 5.41) is 76.6. The molecule has 0 aliphatic carbocycles. The molecule has 2 aliphatic heterocycles. The number of aliphatic hydroxyl groups is 7. The van der Waals surface area contributed by atoms with Crippen molar-refractivity contribution in [1.29, 1.82) is 0 Å². The average molecular weight is 567 g/mol. The lowest BCUT2D eigenvalue weighted by Crippen LogP contribution is -2.70. The summed E-state index contributed by atoms with van der Waals surface area (Å²) < 4.78 is 16.9. The maximum Gasteiger partial charge on any atom is 0.219 e. The first-order valence-corrected chi connectivity index (χ1v) is 12.5. The number of amides is 2. The Morgan fingerprint density at radius 2 is 1.46 bits per heavy atom. The molecule has 2 unspecified atom stereocenters. The van der Waals surface area contributed by atoms with Crippen LogP contribution in [0.1, 0.15) is 27.7 Å². The van der Waals surface area contributed by atoms with Crippen LogP contribution in [0.2, 0.25) is 0 Å². The van der Waals surface area contributed by atoms with Crippen molar-refractivity contribution in [1.82, 2.24) is 15.5 Å². The van der Waals surface area contributed by atoms with Crippen LogP contribution in [-0.2, 0) is 28.6 Å². The number of nitrogens with one attached hydrogen (secondary N) is 2. The Balaban J connectivity index is 2.41. The van der Waals surface area contributed by atoms with Crippen molar-refractivity contribution in [2.75, 3.05) is 19.8 Å². The van der Waals surface area contributed by atoms with E-state index in [9.17, 15) is 50.1 Å². The fourth-order valence-corrected chi connectivity index (χ4v) is 4.83. The molecule has 0 bridgehead atoms. The summed E-state index contributed by atoms with van der Waals surface area (Å²) in [6.07, 6.45) is -12.3. The Labute approximate surface area is 225 Å². The fourth-order valence-electron chi connectivity index (χ4n) is 4.83. The van der Waals surface area contributed by atoms with Gasteiger partial charge < -0.3 is 60.6 Å². The van der Waals surface area contributed by atoms with E-state index in [-0.39, 0.29) is 6.54 Å². The lowest BCUT2D eigenvalue weighted by Gasteiger charge is -2.49. The van der Waals surface area contributed by atoms with Gasteiger partial charge in [0.15, 0.2) is 6.29 Å². The van der Waals surface area contributed by atoms with E-state index in [1.807, 2.05) is 0 Å². The molecule has 16 nitrogen and oxygen atoms in total. The van der Waals surface area contributed by atoms with Gasteiger partial charge >= 0.3 is 0 Å². The van der Waals surface area contributed by atoms with Crippen LogP contribution in [0.3, 0.4) is 0 Å². The van der Waals surface area contributed by atoms with Crippen molar-refractivity contribution < 1.29 is 64.3 Å². The highest BCUT2D eigenvalue weighted by Gasteiger charge is 2.50. The van der Waals surface area contributed by atoms with E-state index in [2.05, 4.69) is 10.6 Å². The van der Waals surface area contributed by atoms with E-state index in [4.69, 9.17) is 14.2 Å². The molecule has 1 radical (unpaired) electrons. The predicted molar refractivity (Wildman–Crippen MR) is 129 cm³/mol. The van der Waals surface area contributed by atoms with E-state index < -0.39 is 105 Å². The molecule has 9 N–H and O–H groups in total. The summed E-state index contributed by atoms with van der Waals surface area (Å²) in [6, 6.07) is -4.00. The third kappa shape index (κ3) is 8.11. The van der Waals surface area contributed by atoms with Crippen LogP contribution >= 0.6 is 0 Å². The van der Waals surface area contributed by atoms with Crippen LogP contribution in [0.4, 0.5) is 0 Å². The number of hydrogen-bond donors (Lipinski definition) is 9. The lowest BCUT2D eigenvalue weighted by atomic mass is 9.94. The molecule has 0 aromatic rings. The lowest BCUT2D eigenvalue weighted by molar-refractivity contribution is -0.272. The van der Waals surface area contributed by atoms with Crippen LogP contribution in [0.25, 0.3) is 0 Å². The zero-order valence-corrected chi connectivity index (χ0v) is 22.2. The summed E-state index contributed by atoms with van der Waals surface area (Å²) in [6.45, 7) is 3.42. The molecule has 2 rings (SSSR count). The van der Waals surface area contributed by atoms with Crippen molar-refractivity contribution in [3.8, 4) is 0 Å². The largest absolute Gasteiger partial charge is 0.394 e. The molecule has 2 heterocycles. The quantitative estimate of drug-likeness (QED) is 0.107. The highest BCUT2D eigenvalue weighted by Crippen LogP contribution is 2.28. The summed E-state index contributed by atoms with van der Waals surface area (Å²) in [4.78, 5) is 36.8. The molecule has 225 valence electrons. The number of nitrogens with zero attached hydrogens (tertiary/aromatic N) is 1. The zero-order valence-electron chi connectivity index (χ0n) is 22.2. The number of aliphatic hydroxyl groups excluding tert-OH is 7. The second-order valence-electron chi connectivity index (χ2n) is 9.83. The van der Waals surface area contributed by atoms with E-state index in [0.717, 1.165) is 6.92 Å². The third-order valence-corrected chi connectivity index (χ3v) is 6.63. The Morgan fingerprint density at radius 3 is 1.95 bits per heavy atom. The molecule has 2 saturated heterocycles. The van der Waals surface area contributed by atoms with Gasteiger partial charge in [0.1, 0.15) is 54.9 Å². The number of rotatable bonds is 12. The third-order valence-electron chi connectivity index (χ3n) is 6.63. The normalized spacial score (nSPS) is 37.5.